The molecule has 0 aliphatic carbocycles. The zero-order valence-corrected chi connectivity index (χ0v) is 15.6. The molecule has 2 heterocycles. The van der Waals surface area contributed by atoms with Crippen LogP contribution in [0.15, 0.2) is 24.3 Å². The molecule has 0 spiro atoms. The number of para-hydroxylation sites is 2. The molecule has 26 heavy (non-hydrogen) atoms. The average molecular weight is 382 g/mol. The number of ether oxygens (including phenoxy) is 2. The fourth-order valence-corrected chi connectivity index (χ4v) is 4.27. The van der Waals surface area contributed by atoms with E-state index in [1.54, 1.807) is 24.3 Å². The largest absolute Gasteiger partial charge is 0.475 e. The van der Waals surface area contributed by atoms with Crippen molar-refractivity contribution >= 4 is 27.6 Å². The number of carbonyl (C=O) groups excluding carboxylic acids is 2. The minimum atomic E-state index is -3.35. The van der Waals surface area contributed by atoms with Crippen LogP contribution in [0.2, 0.25) is 0 Å². The Bertz CT molecular complexity index is 809. The number of carbonyl (C=O) groups is 2. The summed E-state index contributed by atoms with van der Waals surface area (Å²) in [4.78, 5) is 26.6. The number of amides is 1. The smallest absolute Gasteiger partial charge is 0.348 e. The molecule has 0 bridgehead atoms. The van der Waals surface area contributed by atoms with Gasteiger partial charge in [0.2, 0.25) is 22.0 Å². The van der Waals surface area contributed by atoms with Gasteiger partial charge >= 0.3 is 5.97 Å². The first-order valence-corrected chi connectivity index (χ1v) is 10.3. The molecule has 0 saturated carbocycles. The molecule has 3 rings (SSSR count). The highest BCUT2D eigenvalue weighted by atomic mass is 32.2. The molecule has 8 nitrogen and oxygen atoms in total. The summed E-state index contributed by atoms with van der Waals surface area (Å²) in [5.41, 5.74) is 0.578. The Hall–Kier alpha value is -2.13. The van der Waals surface area contributed by atoms with Gasteiger partial charge in [-0.1, -0.05) is 12.1 Å². The molecule has 0 aromatic heterocycles. The van der Waals surface area contributed by atoms with E-state index < -0.39 is 28.0 Å². The van der Waals surface area contributed by atoms with Gasteiger partial charge in [-0.25, -0.2) is 17.5 Å². The minimum Gasteiger partial charge on any atom is -0.475 e. The van der Waals surface area contributed by atoms with Crippen molar-refractivity contribution in [2.24, 2.45) is 5.92 Å². The molecule has 0 N–H and O–H groups in total. The number of fused-ring (bicyclic) bond motifs is 1. The van der Waals surface area contributed by atoms with Gasteiger partial charge in [0.15, 0.2) is 0 Å². The number of anilines is 1. The fourth-order valence-electron chi connectivity index (χ4n) is 3.36. The zero-order valence-electron chi connectivity index (χ0n) is 14.8. The van der Waals surface area contributed by atoms with Gasteiger partial charge < -0.3 is 14.4 Å². The fraction of sp³-hybridized carbons (Fsp3) is 0.529. The van der Waals surface area contributed by atoms with Crippen molar-refractivity contribution in [3.63, 3.8) is 0 Å². The van der Waals surface area contributed by atoms with Crippen LogP contribution in [-0.2, 0) is 24.3 Å². The Morgan fingerprint density at radius 1 is 1.23 bits per heavy atom. The number of methoxy groups -OCH3 is 1. The van der Waals surface area contributed by atoms with Gasteiger partial charge in [0.1, 0.15) is 5.75 Å². The third-order valence-corrected chi connectivity index (χ3v) is 5.98. The summed E-state index contributed by atoms with van der Waals surface area (Å²) in [6.45, 7) is 0.616. The summed E-state index contributed by atoms with van der Waals surface area (Å²) in [5.74, 6) is -0.789. The summed E-state index contributed by atoms with van der Waals surface area (Å²) >= 11 is 0. The Kier molecular flexibility index (Phi) is 5.19. The average Bonchev–Trinajstić information content (AvgIpc) is 2.65. The summed E-state index contributed by atoms with van der Waals surface area (Å²) in [6.07, 6.45) is 1.47. The molecular formula is C17H22N2O6S. The van der Waals surface area contributed by atoms with Crippen molar-refractivity contribution in [3.8, 4) is 5.75 Å². The third-order valence-electron chi connectivity index (χ3n) is 4.71. The van der Waals surface area contributed by atoms with Crippen LogP contribution < -0.4 is 9.64 Å². The molecule has 2 atom stereocenters. The van der Waals surface area contributed by atoms with Gasteiger partial charge in [0, 0.05) is 13.1 Å². The first-order chi connectivity index (χ1) is 12.3. The number of sulfonamides is 1. The van der Waals surface area contributed by atoms with Gasteiger partial charge in [0.05, 0.1) is 31.5 Å². The molecule has 1 saturated heterocycles. The Morgan fingerprint density at radius 3 is 2.65 bits per heavy atom. The molecular weight excluding hydrogens is 360 g/mol. The molecule has 0 unspecified atom stereocenters. The summed E-state index contributed by atoms with van der Waals surface area (Å²) in [7, 11) is -2.08. The number of esters is 1. The highest BCUT2D eigenvalue weighted by molar-refractivity contribution is 7.88. The maximum Gasteiger partial charge on any atom is 0.348 e. The standard InChI is InChI=1S/C17H22N2O6S/c1-24-17(21)15-11-19(13-7-3-4-8-14(13)25-15)16(20)12-6-5-9-18(10-12)26(2,22)23/h3-4,7-8,12,15H,5-6,9-11H2,1-2H3/t12-,15-/m1/s1. The minimum absolute atomic E-state index is 0.0396. The second-order valence-corrected chi connectivity index (χ2v) is 8.49. The van der Waals surface area contributed by atoms with Crippen LogP contribution in [0.5, 0.6) is 5.75 Å². The van der Waals surface area contributed by atoms with Crippen LogP contribution in [-0.4, -0.2) is 63.7 Å². The van der Waals surface area contributed by atoms with Gasteiger partial charge in [0.25, 0.3) is 0 Å². The Labute approximate surface area is 152 Å². The zero-order chi connectivity index (χ0) is 18.9. The summed E-state index contributed by atoms with van der Waals surface area (Å²) in [6, 6.07) is 6.98. The molecule has 1 fully saturated rings. The van der Waals surface area contributed by atoms with Crippen LogP contribution in [0.4, 0.5) is 5.69 Å². The maximum absolute atomic E-state index is 13.1. The molecule has 2 aliphatic rings. The second-order valence-electron chi connectivity index (χ2n) is 6.51. The third kappa shape index (κ3) is 3.68. The topological polar surface area (TPSA) is 93.2 Å². The van der Waals surface area contributed by atoms with E-state index in [4.69, 9.17) is 9.47 Å². The van der Waals surface area contributed by atoms with Gasteiger partial charge in [-0.3, -0.25) is 4.79 Å². The van der Waals surface area contributed by atoms with E-state index in [1.165, 1.54) is 16.3 Å². The highest BCUT2D eigenvalue weighted by Gasteiger charge is 2.39. The molecule has 1 amide bonds. The number of piperidine rings is 1. The monoisotopic (exact) mass is 382 g/mol. The van der Waals surface area contributed by atoms with E-state index in [9.17, 15) is 18.0 Å². The first kappa shape index (κ1) is 18.7. The van der Waals surface area contributed by atoms with Crippen molar-refractivity contribution in [1.29, 1.82) is 0 Å². The van der Waals surface area contributed by atoms with Gasteiger partial charge in [-0.2, -0.15) is 0 Å². The lowest BCUT2D eigenvalue weighted by molar-refractivity contribution is -0.148. The molecule has 0 radical (unpaired) electrons. The normalized spacial score (nSPS) is 23.7. The Morgan fingerprint density at radius 2 is 1.96 bits per heavy atom. The Balaban J connectivity index is 1.86. The van der Waals surface area contributed by atoms with E-state index in [0.717, 1.165) is 6.26 Å². The molecule has 1 aromatic carbocycles. The molecule has 1 aromatic rings. The van der Waals surface area contributed by atoms with Crippen LogP contribution in [0.3, 0.4) is 0 Å². The second kappa shape index (κ2) is 7.24. The van der Waals surface area contributed by atoms with Crippen LogP contribution in [0.1, 0.15) is 12.8 Å². The summed E-state index contributed by atoms with van der Waals surface area (Å²) in [5, 5.41) is 0. The first-order valence-electron chi connectivity index (χ1n) is 8.41. The van der Waals surface area contributed by atoms with Crippen LogP contribution in [0.25, 0.3) is 0 Å². The number of hydrogen-bond acceptors (Lipinski definition) is 6. The van der Waals surface area contributed by atoms with Crippen molar-refractivity contribution < 1.29 is 27.5 Å². The lowest BCUT2D eigenvalue weighted by Crippen LogP contribution is -2.52. The van der Waals surface area contributed by atoms with Crippen molar-refractivity contribution in [1.82, 2.24) is 4.31 Å². The quantitative estimate of drug-likeness (QED) is 0.712. The van der Waals surface area contributed by atoms with Crippen molar-refractivity contribution in [3.05, 3.63) is 24.3 Å². The van der Waals surface area contributed by atoms with Crippen molar-refractivity contribution in [2.75, 3.05) is 37.9 Å². The SMILES string of the molecule is COC(=O)[C@H]1CN(C(=O)[C@@H]2CCCN(S(C)(=O)=O)C2)c2ccccc2O1. The lowest BCUT2D eigenvalue weighted by Gasteiger charge is -2.37. The highest BCUT2D eigenvalue weighted by Crippen LogP contribution is 2.35. The lowest BCUT2D eigenvalue weighted by atomic mass is 9.97. The molecule has 2 aliphatic heterocycles. The molecule has 142 valence electrons. The van der Waals surface area contributed by atoms with Gasteiger partial charge in [-0.05, 0) is 25.0 Å². The maximum atomic E-state index is 13.1. The number of benzene rings is 1. The van der Waals surface area contributed by atoms with E-state index >= 15 is 0 Å². The number of hydrogen-bond donors (Lipinski definition) is 0. The van der Waals surface area contributed by atoms with E-state index in [-0.39, 0.29) is 19.0 Å². The van der Waals surface area contributed by atoms with Crippen molar-refractivity contribution in [2.45, 2.75) is 18.9 Å². The van der Waals surface area contributed by atoms with E-state index in [0.29, 0.717) is 30.8 Å². The number of nitrogens with zero attached hydrogens (tertiary/aromatic N) is 2. The van der Waals surface area contributed by atoms with Crippen LogP contribution >= 0.6 is 0 Å². The van der Waals surface area contributed by atoms with Crippen LogP contribution in [0, 0.1) is 5.92 Å². The predicted octanol–water partition coefficient (Wildman–Crippen LogP) is 0.625. The van der Waals surface area contributed by atoms with Gasteiger partial charge in [-0.15, -0.1) is 0 Å². The number of rotatable bonds is 3. The summed E-state index contributed by atoms with van der Waals surface area (Å²) < 4.78 is 35.4. The van der Waals surface area contributed by atoms with E-state index in [1.807, 2.05) is 0 Å². The predicted molar refractivity (Wildman–Crippen MR) is 94.4 cm³/mol. The molecule has 9 heteroatoms. The van der Waals surface area contributed by atoms with E-state index in [2.05, 4.69) is 0 Å².